The average Bonchev–Trinajstić information content (AvgIpc) is 3.66. The third-order valence-corrected chi connectivity index (χ3v) is 10.5. The van der Waals surface area contributed by atoms with Crippen molar-refractivity contribution in [2.75, 3.05) is 56.1 Å². The molecule has 14 heteroatoms. The van der Waals surface area contributed by atoms with E-state index >= 15 is 0 Å². The van der Waals surface area contributed by atoms with Crippen molar-refractivity contribution < 1.29 is 14.3 Å². The minimum absolute atomic E-state index is 0.0689. The van der Waals surface area contributed by atoms with Gasteiger partial charge in [0.05, 0.1) is 40.2 Å². The number of ether oxygens (including phenoxy) is 1. The monoisotopic (exact) mass is 654 g/mol. The number of hydrogen-bond donors (Lipinski definition) is 2. The van der Waals surface area contributed by atoms with Crippen LogP contribution in [-0.2, 0) is 11.5 Å². The minimum Gasteiger partial charge on any atom is -0.358 e. The van der Waals surface area contributed by atoms with Crippen LogP contribution in [0.4, 0.5) is 5.69 Å². The second-order valence-electron chi connectivity index (χ2n) is 12.8. The lowest BCUT2D eigenvalue weighted by atomic mass is 10.0. The van der Waals surface area contributed by atoms with E-state index in [1.807, 2.05) is 0 Å². The zero-order valence-electron chi connectivity index (χ0n) is 26.8. The van der Waals surface area contributed by atoms with Crippen LogP contribution in [0.15, 0.2) is 41.6 Å². The summed E-state index contributed by atoms with van der Waals surface area (Å²) >= 11 is 1.34. The van der Waals surface area contributed by atoms with Gasteiger partial charge < -0.3 is 15.4 Å². The van der Waals surface area contributed by atoms with Crippen LogP contribution < -0.4 is 16.2 Å². The number of thiazole rings is 1. The van der Waals surface area contributed by atoms with E-state index in [1.165, 1.54) is 40.9 Å². The van der Waals surface area contributed by atoms with Gasteiger partial charge in [-0.25, -0.2) is 19.2 Å². The number of aromatic nitrogens is 5. The highest BCUT2D eigenvalue weighted by Crippen LogP contribution is 2.33. The first kappa shape index (κ1) is 32.8. The van der Waals surface area contributed by atoms with E-state index in [0.29, 0.717) is 46.2 Å². The molecule has 0 bridgehead atoms. The molecule has 2 N–H and O–H groups in total. The van der Waals surface area contributed by atoms with Crippen molar-refractivity contribution in [1.29, 1.82) is 0 Å². The molecule has 1 aliphatic heterocycles. The molecule has 0 unspecified atom stereocenters. The van der Waals surface area contributed by atoms with Gasteiger partial charge in [0.1, 0.15) is 17.3 Å². The first-order valence-corrected chi connectivity index (χ1v) is 18.8. The molecule has 0 spiro atoms. The van der Waals surface area contributed by atoms with Crippen molar-refractivity contribution in [3.63, 3.8) is 0 Å². The van der Waals surface area contributed by atoms with Gasteiger partial charge in [0.25, 0.3) is 17.4 Å². The molecule has 1 saturated heterocycles. The number of rotatable bonds is 12. The summed E-state index contributed by atoms with van der Waals surface area (Å²) in [7, 11) is -0.694. The summed E-state index contributed by atoms with van der Waals surface area (Å²) in [5.41, 5.74) is 2.26. The average molecular weight is 655 g/mol. The number of carbonyl (C=O) groups is 2. The Morgan fingerprint density at radius 2 is 1.96 bits per heavy atom. The summed E-state index contributed by atoms with van der Waals surface area (Å²) in [6.45, 7) is 9.22. The molecular weight excluding hydrogens is 613 g/mol. The van der Waals surface area contributed by atoms with E-state index in [-0.39, 0.29) is 29.6 Å². The first-order chi connectivity index (χ1) is 21.3. The fourth-order valence-corrected chi connectivity index (χ4v) is 6.79. The summed E-state index contributed by atoms with van der Waals surface area (Å²) in [6.07, 6.45) is 13.8. The van der Waals surface area contributed by atoms with Crippen LogP contribution >= 0.6 is 21.4 Å². The van der Waals surface area contributed by atoms with Gasteiger partial charge in [-0.05, 0) is 71.1 Å². The molecule has 5 heterocycles. The molecule has 2 amide bonds. The van der Waals surface area contributed by atoms with Gasteiger partial charge in [0.2, 0.25) is 0 Å². The Balaban J connectivity index is 1.25. The van der Waals surface area contributed by atoms with E-state index in [0.717, 1.165) is 30.1 Å². The summed E-state index contributed by atoms with van der Waals surface area (Å²) in [5, 5.41) is 14.7. The Kier molecular flexibility index (Phi) is 9.77. The van der Waals surface area contributed by atoms with Crippen molar-refractivity contribution in [2.45, 2.75) is 45.9 Å². The van der Waals surface area contributed by atoms with Crippen molar-refractivity contribution >= 4 is 43.7 Å². The van der Waals surface area contributed by atoms with Crippen molar-refractivity contribution in [3.05, 3.63) is 64.0 Å². The number of pyridine rings is 1. The molecule has 4 aromatic heterocycles. The van der Waals surface area contributed by atoms with Crippen LogP contribution in [0.3, 0.4) is 0 Å². The number of nitrogens with zero attached hydrogens (tertiary/aromatic N) is 6. The number of fused-ring (bicyclic) bond motifs is 1. The Bertz CT molecular complexity index is 1750. The largest absolute Gasteiger partial charge is 0.358 e. The summed E-state index contributed by atoms with van der Waals surface area (Å²) in [6, 6.07) is 4.76. The molecule has 1 fully saturated rings. The molecule has 5 rings (SSSR count). The SMILES string of the molecule is Cc1ncc(C(=O)NCCN2CCCC2(C)C)cc1NC(=O)c1cnn2cc(-c3ccc(=O)n(COCCS(C)(C)C)n3)sc12. The number of likely N-dealkylation sites (tertiary alicyclic amines) is 1. The zero-order chi connectivity index (χ0) is 32.4. The predicted octanol–water partition coefficient (Wildman–Crippen LogP) is 3.85. The topological polar surface area (TPSA) is 136 Å². The third kappa shape index (κ3) is 7.98. The fourth-order valence-electron chi connectivity index (χ4n) is 5.15. The van der Waals surface area contributed by atoms with Crippen LogP contribution in [0.5, 0.6) is 0 Å². The minimum atomic E-state index is -0.694. The second kappa shape index (κ2) is 13.4. The van der Waals surface area contributed by atoms with Gasteiger partial charge in [-0.3, -0.25) is 24.3 Å². The lowest BCUT2D eigenvalue weighted by Gasteiger charge is -2.31. The van der Waals surface area contributed by atoms with Gasteiger partial charge >= 0.3 is 0 Å². The van der Waals surface area contributed by atoms with Crippen molar-refractivity contribution in [2.24, 2.45) is 0 Å². The summed E-state index contributed by atoms with van der Waals surface area (Å²) < 4.78 is 8.64. The molecule has 0 aliphatic carbocycles. The lowest BCUT2D eigenvalue weighted by Crippen LogP contribution is -2.43. The van der Waals surface area contributed by atoms with Gasteiger partial charge in [-0.1, -0.05) is 0 Å². The molecule has 0 aromatic carbocycles. The maximum atomic E-state index is 13.4. The maximum absolute atomic E-state index is 13.4. The highest BCUT2D eigenvalue weighted by Gasteiger charge is 2.31. The normalized spacial score (nSPS) is 15.4. The Morgan fingerprint density at radius 3 is 2.69 bits per heavy atom. The number of hydrogen-bond acceptors (Lipinski definition) is 9. The van der Waals surface area contributed by atoms with Gasteiger partial charge in [-0.15, -0.1) is 11.3 Å². The smallest absolute Gasteiger partial charge is 0.268 e. The van der Waals surface area contributed by atoms with Gasteiger partial charge in [0.15, 0.2) is 0 Å². The quantitative estimate of drug-likeness (QED) is 0.220. The molecule has 242 valence electrons. The van der Waals surface area contributed by atoms with Crippen molar-refractivity contribution in [3.8, 4) is 10.6 Å². The fraction of sp³-hybridized carbons (Fsp3) is 0.484. The van der Waals surface area contributed by atoms with Crippen LogP contribution in [-0.4, -0.2) is 97.4 Å². The third-order valence-electron chi connectivity index (χ3n) is 7.95. The Labute approximate surface area is 268 Å². The molecule has 1 aliphatic rings. The molecule has 45 heavy (non-hydrogen) atoms. The van der Waals surface area contributed by atoms with Crippen LogP contribution in [0.1, 0.15) is 53.1 Å². The number of nitrogens with one attached hydrogen (secondary N) is 2. The molecular formula is C31H42N8O4S2. The van der Waals surface area contributed by atoms with Crippen LogP contribution in [0.2, 0.25) is 0 Å². The van der Waals surface area contributed by atoms with Gasteiger partial charge in [0, 0.05) is 42.8 Å². The highest BCUT2D eigenvalue weighted by molar-refractivity contribution is 8.32. The van der Waals surface area contributed by atoms with Crippen molar-refractivity contribution in [1.82, 2.24) is 34.6 Å². The number of aryl methyl sites for hydroxylation is 1. The number of amides is 2. The molecule has 0 radical (unpaired) electrons. The standard InChI is InChI=1S/C31H42N8O4S2/c1-21-25(16-22(17-33-21)28(41)32-11-13-37-12-7-10-31(37,2)3)35-29(42)23-18-34-38-19-26(44-30(23)38)24-8-9-27(40)39(36-24)20-43-14-15-45(4,5)6/h8-9,16-19H,7,10-15,20H2,1-6H3,(H,32,41)(H,35,42). The van der Waals surface area contributed by atoms with E-state index in [1.54, 1.807) is 29.8 Å². The summed E-state index contributed by atoms with van der Waals surface area (Å²) in [4.78, 5) is 46.8. The zero-order valence-corrected chi connectivity index (χ0v) is 28.4. The van der Waals surface area contributed by atoms with Crippen LogP contribution in [0, 0.1) is 6.92 Å². The Hall–Kier alpha value is -3.59. The first-order valence-electron chi connectivity index (χ1n) is 14.9. The molecule has 12 nitrogen and oxygen atoms in total. The second-order valence-corrected chi connectivity index (χ2v) is 18.4. The predicted molar refractivity (Wildman–Crippen MR) is 181 cm³/mol. The molecule has 0 saturated carbocycles. The highest BCUT2D eigenvalue weighted by atomic mass is 32.3. The van der Waals surface area contributed by atoms with E-state index in [9.17, 15) is 14.4 Å². The number of anilines is 1. The van der Waals surface area contributed by atoms with Gasteiger partial charge in [-0.2, -0.15) is 10.2 Å². The van der Waals surface area contributed by atoms with Crippen LogP contribution in [0.25, 0.3) is 15.4 Å². The lowest BCUT2D eigenvalue weighted by molar-refractivity contribution is 0.0775. The van der Waals surface area contributed by atoms with E-state index in [4.69, 9.17) is 4.74 Å². The maximum Gasteiger partial charge on any atom is 0.268 e. The van der Waals surface area contributed by atoms with E-state index < -0.39 is 10.0 Å². The molecule has 4 aromatic rings. The Morgan fingerprint density at radius 1 is 1.16 bits per heavy atom. The van der Waals surface area contributed by atoms with E-state index in [2.05, 4.69) is 63.3 Å². The molecule has 0 atom stereocenters. The summed E-state index contributed by atoms with van der Waals surface area (Å²) in [5.74, 6) is 0.337. The number of carbonyl (C=O) groups excluding carboxylic acids is 2.